The van der Waals surface area contributed by atoms with Gasteiger partial charge in [-0.05, 0) is 19.3 Å². The van der Waals surface area contributed by atoms with Crippen molar-refractivity contribution in [2.75, 3.05) is 20.8 Å². The molecule has 1 aliphatic carbocycles. The van der Waals surface area contributed by atoms with Gasteiger partial charge >= 0.3 is 5.97 Å². The molecule has 0 aromatic carbocycles. The van der Waals surface area contributed by atoms with E-state index in [9.17, 15) is 13.2 Å². The first-order chi connectivity index (χ1) is 10.9. The molecule has 2 aliphatic rings. The summed E-state index contributed by atoms with van der Waals surface area (Å²) in [7, 11) is -1.23. The third kappa shape index (κ3) is 2.47. The molecule has 0 unspecified atom stereocenters. The van der Waals surface area contributed by atoms with Gasteiger partial charge < -0.3 is 18.6 Å². The number of fused-ring (bicyclic) bond motifs is 1. The van der Waals surface area contributed by atoms with E-state index in [2.05, 4.69) is 9.46 Å². The minimum atomic E-state index is -3.96. The van der Waals surface area contributed by atoms with Crippen LogP contribution in [0, 0.1) is 0 Å². The number of hydrogen-bond acceptors (Lipinski definition) is 7. The number of esters is 1. The summed E-state index contributed by atoms with van der Waals surface area (Å²) in [5, 5.41) is -0.337. The van der Waals surface area contributed by atoms with Crippen molar-refractivity contribution >= 4 is 16.0 Å². The van der Waals surface area contributed by atoms with Crippen molar-refractivity contribution in [3.63, 3.8) is 0 Å². The van der Waals surface area contributed by atoms with Gasteiger partial charge in [-0.25, -0.2) is 13.2 Å². The highest BCUT2D eigenvalue weighted by Crippen LogP contribution is 2.49. The second-order valence-corrected chi connectivity index (χ2v) is 7.36. The van der Waals surface area contributed by atoms with Crippen molar-refractivity contribution in [3.05, 3.63) is 17.9 Å². The van der Waals surface area contributed by atoms with Crippen molar-refractivity contribution in [3.8, 4) is 0 Å². The topological polar surface area (TPSA) is 104 Å². The number of nitrogens with one attached hydrogen (secondary N) is 1. The maximum Gasteiger partial charge on any atom is 0.341 e. The normalized spacial score (nSPS) is 30.3. The fraction of sp³-hybridized carbons (Fsp3) is 0.643. The highest BCUT2D eigenvalue weighted by atomic mass is 32.2. The Morgan fingerprint density at radius 2 is 2.09 bits per heavy atom. The van der Waals surface area contributed by atoms with Gasteiger partial charge in [0.05, 0.1) is 24.8 Å². The largest absolute Gasteiger partial charge is 0.465 e. The molecule has 0 bridgehead atoms. The van der Waals surface area contributed by atoms with Crippen LogP contribution in [0.3, 0.4) is 0 Å². The number of carbonyl (C=O) groups is 1. The highest BCUT2D eigenvalue weighted by molar-refractivity contribution is 7.89. The maximum absolute atomic E-state index is 12.6. The molecule has 2 fully saturated rings. The van der Waals surface area contributed by atoms with Crippen molar-refractivity contribution in [2.45, 2.75) is 42.1 Å². The number of methoxy groups -OCH3 is 2. The number of carbonyl (C=O) groups excluding carboxylic acids is 1. The summed E-state index contributed by atoms with van der Waals surface area (Å²) in [4.78, 5) is 11.4. The van der Waals surface area contributed by atoms with Gasteiger partial charge in [0.15, 0.2) is 5.79 Å². The SMILES string of the molecule is COC(=O)c1coc(S(=O)(=O)N[C@]23CCC[C@@]2(OC)OCC3)c1. The summed E-state index contributed by atoms with van der Waals surface area (Å²) in [6.45, 7) is 0.419. The Kier molecular flexibility index (Phi) is 3.99. The van der Waals surface area contributed by atoms with Gasteiger partial charge in [-0.15, -0.1) is 0 Å². The Morgan fingerprint density at radius 3 is 2.78 bits per heavy atom. The molecular weight excluding hydrogens is 326 g/mol. The van der Waals surface area contributed by atoms with E-state index < -0.39 is 27.3 Å². The van der Waals surface area contributed by atoms with Crippen molar-refractivity contribution in [2.24, 2.45) is 0 Å². The lowest BCUT2D eigenvalue weighted by molar-refractivity contribution is -0.212. The van der Waals surface area contributed by atoms with Crippen molar-refractivity contribution in [1.82, 2.24) is 4.72 Å². The Hall–Kier alpha value is -1.42. The summed E-state index contributed by atoms with van der Waals surface area (Å²) in [6.07, 6.45) is 3.61. The molecule has 23 heavy (non-hydrogen) atoms. The van der Waals surface area contributed by atoms with E-state index in [0.717, 1.165) is 18.8 Å². The molecule has 1 aromatic heterocycles. The van der Waals surface area contributed by atoms with E-state index in [0.29, 0.717) is 25.9 Å². The summed E-state index contributed by atoms with van der Waals surface area (Å²) in [5.74, 6) is -1.61. The minimum Gasteiger partial charge on any atom is -0.465 e. The number of ether oxygens (including phenoxy) is 3. The second kappa shape index (κ2) is 5.59. The van der Waals surface area contributed by atoms with E-state index in [4.69, 9.17) is 13.9 Å². The third-order valence-corrected chi connectivity index (χ3v) is 6.03. The monoisotopic (exact) mass is 345 g/mol. The fourth-order valence-corrected chi connectivity index (χ4v) is 4.93. The molecule has 8 nitrogen and oxygen atoms in total. The zero-order valence-corrected chi connectivity index (χ0v) is 13.8. The van der Waals surface area contributed by atoms with Gasteiger partial charge in [-0.2, -0.15) is 4.72 Å². The minimum absolute atomic E-state index is 0.0393. The summed E-state index contributed by atoms with van der Waals surface area (Å²) in [6, 6.07) is 1.14. The Morgan fingerprint density at radius 1 is 1.30 bits per heavy atom. The lowest BCUT2D eigenvalue weighted by Gasteiger charge is -2.37. The number of sulfonamides is 1. The summed E-state index contributed by atoms with van der Waals surface area (Å²) < 4.78 is 48.8. The molecule has 0 spiro atoms. The maximum atomic E-state index is 12.6. The Balaban J connectivity index is 1.89. The third-order valence-electron chi connectivity index (χ3n) is 4.62. The molecular formula is C14H19NO7S. The summed E-state index contributed by atoms with van der Waals surface area (Å²) >= 11 is 0. The molecule has 1 aromatic rings. The van der Waals surface area contributed by atoms with Gasteiger partial charge in [0.25, 0.3) is 10.0 Å². The van der Waals surface area contributed by atoms with Gasteiger partial charge in [0.2, 0.25) is 5.09 Å². The Labute approximate surface area is 134 Å². The van der Waals surface area contributed by atoms with E-state index >= 15 is 0 Å². The smallest absolute Gasteiger partial charge is 0.341 e. The van der Waals surface area contributed by atoms with Crippen LogP contribution in [0.2, 0.25) is 0 Å². The fourth-order valence-electron chi connectivity index (χ4n) is 3.49. The van der Waals surface area contributed by atoms with Crippen LogP contribution in [0.5, 0.6) is 0 Å². The standard InChI is InChI=1S/C14H19NO7S/c1-19-12(16)10-8-11(21-9-10)23(17,18)15-13-4-3-5-14(13,20-2)22-7-6-13/h8-9,15H,3-7H2,1-2H3/t13-,14+/m0/s1. The zero-order valence-electron chi connectivity index (χ0n) is 13.0. The second-order valence-electron chi connectivity index (χ2n) is 5.74. The first kappa shape index (κ1) is 16.4. The first-order valence-corrected chi connectivity index (χ1v) is 8.76. The lowest BCUT2D eigenvalue weighted by Crippen LogP contribution is -2.59. The van der Waals surface area contributed by atoms with Gasteiger partial charge in [-0.3, -0.25) is 0 Å². The molecule has 1 saturated carbocycles. The summed E-state index contributed by atoms with van der Waals surface area (Å²) in [5.41, 5.74) is -0.781. The van der Waals surface area contributed by atoms with E-state index in [-0.39, 0.29) is 10.7 Å². The molecule has 1 N–H and O–H groups in total. The van der Waals surface area contributed by atoms with Gasteiger partial charge in [-0.1, -0.05) is 0 Å². The van der Waals surface area contributed by atoms with Gasteiger partial charge in [0, 0.05) is 19.6 Å². The molecule has 1 saturated heterocycles. The molecule has 2 heterocycles. The molecule has 9 heteroatoms. The lowest BCUT2D eigenvalue weighted by atomic mass is 9.92. The van der Waals surface area contributed by atoms with Crippen LogP contribution in [-0.2, 0) is 24.2 Å². The quantitative estimate of drug-likeness (QED) is 0.795. The molecule has 128 valence electrons. The molecule has 0 radical (unpaired) electrons. The molecule has 1 aliphatic heterocycles. The van der Waals surface area contributed by atoms with Crippen LogP contribution in [-0.4, -0.2) is 46.5 Å². The number of furan rings is 1. The van der Waals surface area contributed by atoms with Gasteiger partial charge in [0.1, 0.15) is 6.26 Å². The average Bonchev–Trinajstić information content (AvgIpc) is 3.18. The number of hydrogen-bond donors (Lipinski definition) is 1. The predicted molar refractivity (Wildman–Crippen MR) is 77.3 cm³/mol. The first-order valence-electron chi connectivity index (χ1n) is 7.28. The number of rotatable bonds is 5. The highest BCUT2D eigenvalue weighted by Gasteiger charge is 2.62. The molecule has 0 amide bonds. The molecule has 2 atom stereocenters. The molecule has 3 rings (SSSR count). The zero-order chi connectivity index (χ0) is 16.7. The van der Waals surface area contributed by atoms with E-state index in [1.54, 1.807) is 0 Å². The van der Waals surface area contributed by atoms with Crippen molar-refractivity contribution in [1.29, 1.82) is 0 Å². The average molecular weight is 345 g/mol. The predicted octanol–water partition coefficient (Wildman–Crippen LogP) is 1.03. The van der Waals surface area contributed by atoms with Crippen LogP contribution in [0.1, 0.15) is 36.0 Å². The van der Waals surface area contributed by atoms with Crippen molar-refractivity contribution < 1.29 is 31.8 Å². The van der Waals surface area contributed by atoms with Crippen LogP contribution in [0.4, 0.5) is 0 Å². The Bertz CT molecular complexity index is 698. The van der Waals surface area contributed by atoms with Crippen LogP contribution >= 0.6 is 0 Å². The van der Waals surface area contributed by atoms with Crippen LogP contribution in [0.25, 0.3) is 0 Å². The van der Waals surface area contributed by atoms with E-state index in [1.807, 2.05) is 0 Å². The van der Waals surface area contributed by atoms with E-state index in [1.165, 1.54) is 14.2 Å². The van der Waals surface area contributed by atoms with Crippen LogP contribution in [0.15, 0.2) is 21.8 Å². The van der Waals surface area contributed by atoms with Crippen LogP contribution < -0.4 is 4.72 Å².